The van der Waals surface area contributed by atoms with Gasteiger partial charge >= 0.3 is 6.03 Å². The van der Waals surface area contributed by atoms with Crippen molar-refractivity contribution < 1.29 is 14.5 Å². The molecule has 11 heavy (non-hydrogen) atoms. The summed E-state index contributed by atoms with van der Waals surface area (Å²) >= 11 is 1.55. The van der Waals surface area contributed by atoms with Gasteiger partial charge in [-0.25, -0.2) is 4.79 Å². The molecule has 2 amide bonds. The van der Waals surface area contributed by atoms with Gasteiger partial charge in [0.2, 0.25) is 0 Å². The second-order valence-electron chi connectivity index (χ2n) is 1.87. The molecule has 1 saturated heterocycles. The Morgan fingerprint density at radius 1 is 1.27 bits per heavy atom. The van der Waals surface area contributed by atoms with E-state index in [1.807, 2.05) is 0 Å². The topological polar surface area (TPSA) is 42.0 Å². The number of carbonyl (C=O) groups is 1. The lowest BCUT2D eigenvalue weighted by Crippen LogP contribution is -2.45. The van der Waals surface area contributed by atoms with Crippen LogP contribution in [0.3, 0.4) is 0 Å². The highest BCUT2D eigenvalue weighted by molar-refractivity contribution is 7.99. The number of hydrogen-bond acceptors (Lipinski definition) is 4. The normalized spacial score (nSPS) is 19.3. The van der Waals surface area contributed by atoms with E-state index in [-0.39, 0.29) is 6.03 Å². The first-order chi connectivity index (χ1) is 5.29. The SMILES string of the molecule is CON1CSCN(OC)C1=O. The lowest BCUT2D eigenvalue weighted by atomic mass is 10.9. The fourth-order valence-electron chi connectivity index (χ4n) is 0.703. The zero-order valence-electron chi connectivity index (χ0n) is 6.44. The lowest BCUT2D eigenvalue weighted by molar-refractivity contribution is -0.144. The van der Waals surface area contributed by atoms with Gasteiger partial charge in [0, 0.05) is 0 Å². The van der Waals surface area contributed by atoms with E-state index in [2.05, 4.69) is 0 Å². The van der Waals surface area contributed by atoms with Gasteiger partial charge in [0.15, 0.2) is 0 Å². The average Bonchev–Trinajstić information content (AvgIpc) is 2.05. The highest BCUT2D eigenvalue weighted by Crippen LogP contribution is 2.16. The molecule has 0 spiro atoms. The maximum atomic E-state index is 11.2. The number of urea groups is 1. The highest BCUT2D eigenvalue weighted by atomic mass is 32.2. The van der Waals surface area contributed by atoms with E-state index >= 15 is 0 Å². The minimum Gasteiger partial charge on any atom is -0.272 e. The van der Waals surface area contributed by atoms with E-state index in [4.69, 9.17) is 9.68 Å². The molecule has 6 heteroatoms. The van der Waals surface area contributed by atoms with Gasteiger partial charge in [-0.05, 0) is 0 Å². The Balaban J connectivity index is 2.52. The van der Waals surface area contributed by atoms with Gasteiger partial charge < -0.3 is 0 Å². The van der Waals surface area contributed by atoms with E-state index in [1.54, 1.807) is 11.8 Å². The second kappa shape index (κ2) is 3.80. The molecule has 0 aliphatic carbocycles. The average molecular weight is 178 g/mol. The first-order valence-corrected chi connectivity index (χ1v) is 4.20. The Bertz CT molecular complexity index is 141. The number of hydrogen-bond donors (Lipinski definition) is 0. The molecule has 1 rings (SSSR count). The monoisotopic (exact) mass is 178 g/mol. The molecule has 1 fully saturated rings. The van der Waals surface area contributed by atoms with Crippen LogP contribution in [0.5, 0.6) is 0 Å². The van der Waals surface area contributed by atoms with Crippen molar-refractivity contribution in [1.82, 2.24) is 10.1 Å². The van der Waals surface area contributed by atoms with Crippen molar-refractivity contribution in [2.24, 2.45) is 0 Å². The second-order valence-corrected chi connectivity index (χ2v) is 2.79. The largest absolute Gasteiger partial charge is 0.369 e. The summed E-state index contributed by atoms with van der Waals surface area (Å²) in [4.78, 5) is 20.7. The summed E-state index contributed by atoms with van der Waals surface area (Å²) in [6.07, 6.45) is 0. The van der Waals surface area contributed by atoms with Crippen molar-refractivity contribution >= 4 is 17.8 Å². The van der Waals surface area contributed by atoms with Crippen molar-refractivity contribution in [3.8, 4) is 0 Å². The molecule has 64 valence electrons. The Morgan fingerprint density at radius 3 is 2.09 bits per heavy atom. The molecule has 0 radical (unpaired) electrons. The predicted molar refractivity (Wildman–Crippen MR) is 40.4 cm³/mol. The Labute approximate surface area is 69.1 Å². The van der Waals surface area contributed by atoms with Gasteiger partial charge in [0.25, 0.3) is 0 Å². The van der Waals surface area contributed by atoms with Crippen LogP contribution in [0.15, 0.2) is 0 Å². The molecule has 0 aromatic heterocycles. The third-order valence-electron chi connectivity index (χ3n) is 1.28. The van der Waals surface area contributed by atoms with Crippen LogP contribution in [0.2, 0.25) is 0 Å². The predicted octanol–water partition coefficient (Wildman–Crippen LogP) is 0.495. The maximum absolute atomic E-state index is 11.2. The summed E-state index contributed by atoms with van der Waals surface area (Å²) in [7, 11) is 2.91. The van der Waals surface area contributed by atoms with Gasteiger partial charge in [0.05, 0.1) is 26.0 Å². The summed E-state index contributed by atoms with van der Waals surface area (Å²) in [5.41, 5.74) is 0. The molecular formula is C5H10N2O3S. The van der Waals surface area contributed by atoms with Crippen LogP contribution in [0.1, 0.15) is 0 Å². The summed E-state index contributed by atoms with van der Waals surface area (Å²) in [5.74, 6) is 1.10. The van der Waals surface area contributed by atoms with Gasteiger partial charge in [-0.15, -0.1) is 11.8 Å². The third-order valence-corrected chi connectivity index (χ3v) is 2.12. The number of nitrogens with zero attached hydrogens (tertiary/aromatic N) is 2. The van der Waals surface area contributed by atoms with E-state index in [9.17, 15) is 4.79 Å². The smallest absolute Gasteiger partial charge is 0.272 e. The van der Waals surface area contributed by atoms with Crippen LogP contribution < -0.4 is 0 Å². The molecule has 1 heterocycles. The summed E-state index contributed by atoms with van der Waals surface area (Å²) in [6, 6.07) is -0.256. The molecule has 0 atom stereocenters. The van der Waals surface area contributed by atoms with Crippen LogP contribution in [-0.4, -0.2) is 42.1 Å². The highest BCUT2D eigenvalue weighted by Gasteiger charge is 2.26. The Hall–Kier alpha value is -0.460. The number of thioether (sulfide) groups is 1. The van der Waals surface area contributed by atoms with Gasteiger partial charge in [0.1, 0.15) is 0 Å². The summed E-state index contributed by atoms with van der Waals surface area (Å²) < 4.78 is 0. The number of amides is 2. The van der Waals surface area contributed by atoms with Crippen molar-refractivity contribution in [2.45, 2.75) is 0 Å². The molecule has 1 aliphatic rings. The van der Waals surface area contributed by atoms with Gasteiger partial charge in [-0.3, -0.25) is 9.68 Å². The summed E-state index contributed by atoms with van der Waals surface area (Å²) in [6.45, 7) is 0. The Kier molecular flexibility index (Phi) is 2.98. The molecular weight excluding hydrogens is 168 g/mol. The lowest BCUT2D eigenvalue weighted by Gasteiger charge is -2.30. The number of carbonyl (C=O) groups excluding carboxylic acids is 1. The maximum Gasteiger partial charge on any atom is 0.369 e. The molecule has 0 N–H and O–H groups in total. The fourth-order valence-corrected chi connectivity index (χ4v) is 1.55. The third kappa shape index (κ3) is 1.76. The van der Waals surface area contributed by atoms with Crippen molar-refractivity contribution in [1.29, 1.82) is 0 Å². The molecule has 0 aromatic carbocycles. The summed E-state index contributed by atoms with van der Waals surface area (Å²) in [5, 5.41) is 2.47. The number of hydroxylamine groups is 4. The standard InChI is InChI=1S/C5H10N2O3S/c1-9-6-3-11-4-7(10-2)5(6)8/h3-4H2,1-2H3. The van der Waals surface area contributed by atoms with Crippen molar-refractivity contribution in [2.75, 3.05) is 26.0 Å². The zero-order chi connectivity index (χ0) is 8.27. The van der Waals surface area contributed by atoms with E-state index < -0.39 is 0 Å². The van der Waals surface area contributed by atoms with Crippen molar-refractivity contribution in [3.63, 3.8) is 0 Å². The quantitative estimate of drug-likeness (QED) is 0.617. The fraction of sp³-hybridized carbons (Fsp3) is 0.800. The minimum atomic E-state index is -0.256. The van der Waals surface area contributed by atoms with Gasteiger partial charge in [-0.2, -0.15) is 10.1 Å². The Morgan fingerprint density at radius 2 is 1.73 bits per heavy atom. The van der Waals surface area contributed by atoms with Crippen LogP contribution in [0.4, 0.5) is 4.79 Å². The van der Waals surface area contributed by atoms with E-state index in [1.165, 1.54) is 24.3 Å². The van der Waals surface area contributed by atoms with E-state index in [0.717, 1.165) is 0 Å². The molecule has 0 unspecified atom stereocenters. The van der Waals surface area contributed by atoms with Crippen LogP contribution in [0, 0.1) is 0 Å². The van der Waals surface area contributed by atoms with Crippen LogP contribution >= 0.6 is 11.8 Å². The zero-order valence-corrected chi connectivity index (χ0v) is 7.26. The van der Waals surface area contributed by atoms with Gasteiger partial charge in [-0.1, -0.05) is 0 Å². The first kappa shape index (κ1) is 8.63. The van der Waals surface area contributed by atoms with E-state index in [0.29, 0.717) is 11.8 Å². The van der Waals surface area contributed by atoms with Crippen LogP contribution in [-0.2, 0) is 9.68 Å². The minimum absolute atomic E-state index is 0.256. The van der Waals surface area contributed by atoms with Crippen molar-refractivity contribution in [3.05, 3.63) is 0 Å². The molecule has 5 nitrogen and oxygen atoms in total. The number of rotatable bonds is 2. The molecule has 0 saturated carbocycles. The molecule has 0 aromatic rings. The first-order valence-electron chi connectivity index (χ1n) is 3.04. The molecule has 1 aliphatic heterocycles. The molecule has 0 bridgehead atoms. The van der Waals surface area contributed by atoms with Crippen LogP contribution in [0.25, 0.3) is 0 Å².